The molecule has 0 saturated carbocycles. The van der Waals surface area contributed by atoms with Crippen molar-refractivity contribution in [2.24, 2.45) is 17.9 Å². The topological polar surface area (TPSA) is 55.3 Å². The van der Waals surface area contributed by atoms with Gasteiger partial charge in [-0.2, -0.15) is 0 Å². The number of aromatic nitrogens is 1. The molecule has 0 aliphatic heterocycles. The van der Waals surface area contributed by atoms with Crippen molar-refractivity contribution in [2.45, 2.75) is 0 Å². The van der Waals surface area contributed by atoms with Crippen molar-refractivity contribution in [3.8, 4) is 0 Å². The summed E-state index contributed by atoms with van der Waals surface area (Å²) in [4.78, 5) is 0.837. The lowest BCUT2D eigenvalue weighted by molar-refractivity contribution is 0.851. The molecule has 0 unspecified atom stereocenters. The predicted octanol–water partition coefficient (Wildman–Crippen LogP) is 0.889. The molecule has 1 aromatic heterocycles. The van der Waals surface area contributed by atoms with Gasteiger partial charge in [0, 0.05) is 7.05 Å². The Kier molecular flexibility index (Phi) is 2.70. The maximum absolute atomic E-state index is 5.31. The van der Waals surface area contributed by atoms with E-state index in [1.54, 1.807) is 11.3 Å². The monoisotopic (exact) mass is 238 g/mol. The molecule has 0 atom stereocenters. The van der Waals surface area contributed by atoms with E-state index >= 15 is 0 Å². The van der Waals surface area contributed by atoms with Crippen LogP contribution in [0, 0.1) is 0 Å². The Hall–Kier alpha value is -1.40. The van der Waals surface area contributed by atoms with Crippen LogP contribution in [-0.2, 0) is 7.05 Å². The summed E-state index contributed by atoms with van der Waals surface area (Å²) >= 11 is 6.27. The lowest BCUT2D eigenvalue weighted by Gasteiger charge is -1.95. The lowest BCUT2D eigenvalue weighted by Crippen LogP contribution is -2.27. The highest BCUT2D eigenvalue weighted by atomic mass is 32.1. The van der Waals surface area contributed by atoms with Crippen molar-refractivity contribution in [1.82, 2.24) is 9.99 Å². The Morgan fingerprint density at radius 2 is 2.27 bits per heavy atom. The first-order valence-corrected chi connectivity index (χ1v) is 5.54. The Labute approximate surface area is 96.0 Å². The fourth-order valence-electron chi connectivity index (χ4n) is 1.29. The number of hydrogen-bond donors (Lipinski definition) is 2. The number of thiocarbonyl (C=S) groups is 1. The van der Waals surface area contributed by atoms with Gasteiger partial charge in [0.05, 0.1) is 10.2 Å². The van der Waals surface area contributed by atoms with E-state index in [2.05, 4.69) is 28.8 Å². The number of rotatable bonds is 1. The standard InChI is InChI=1S/C9H10N4S2/c1-13-6-4-2-3-5-7(6)15-9(13)12-11-8(10)14/h2-5H,1H3,(H3,10,11,14). The molecule has 2 rings (SSSR count). The second-order valence-electron chi connectivity index (χ2n) is 3.00. The number of nitrogens with zero attached hydrogens (tertiary/aromatic N) is 2. The number of nitrogens with two attached hydrogens (primary N) is 1. The molecule has 0 bridgehead atoms. The second-order valence-corrected chi connectivity index (χ2v) is 4.45. The average Bonchev–Trinajstić information content (AvgIpc) is 2.54. The van der Waals surface area contributed by atoms with E-state index in [-0.39, 0.29) is 5.11 Å². The van der Waals surface area contributed by atoms with Crippen LogP contribution in [0.1, 0.15) is 0 Å². The summed E-state index contributed by atoms with van der Waals surface area (Å²) in [5.41, 5.74) is 9.04. The number of hydrogen-bond acceptors (Lipinski definition) is 3. The van der Waals surface area contributed by atoms with Gasteiger partial charge < -0.3 is 10.3 Å². The molecule has 3 N–H and O–H groups in total. The van der Waals surface area contributed by atoms with Crippen LogP contribution in [0.4, 0.5) is 0 Å². The van der Waals surface area contributed by atoms with E-state index in [0.29, 0.717) is 0 Å². The summed E-state index contributed by atoms with van der Waals surface area (Å²) in [7, 11) is 1.96. The first-order chi connectivity index (χ1) is 7.18. The highest BCUT2D eigenvalue weighted by Crippen LogP contribution is 2.14. The SMILES string of the molecule is Cn1c(=NNC(N)=S)sc2ccccc21. The molecule has 0 aliphatic carbocycles. The molecule has 0 radical (unpaired) electrons. The highest BCUT2D eigenvalue weighted by molar-refractivity contribution is 7.80. The molecule has 0 amide bonds. The number of para-hydroxylation sites is 1. The molecule has 4 nitrogen and oxygen atoms in total. The Morgan fingerprint density at radius 3 is 2.93 bits per heavy atom. The summed E-state index contributed by atoms with van der Waals surface area (Å²) in [6.07, 6.45) is 0. The van der Waals surface area contributed by atoms with Gasteiger partial charge in [0.2, 0.25) is 4.80 Å². The van der Waals surface area contributed by atoms with Crippen LogP contribution in [0.2, 0.25) is 0 Å². The van der Waals surface area contributed by atoms with Crippen LogP contribution in [0.3, 0.4) is 0 Å². The fraction of sp³-hybridized carbons (Fsp3) is 0.111. The van der Waals surface area contributed by atoms with Gasteiger partial charge in [0.15, 0.2) is 5.11 Å². The van der Waals surface area contributed by atoms with E-state index < -0.39 is 0 Å². The maximum atomic E-state index is 5.31. The van der Waals surface area contributed by atoms with E-state index in [9.17, 15) is 0 Å². The number of benzene rings is 1. The van der Waals surface area contributed by atoms with Gasteiger partial charge in [-0.15, -0.1) is 5.10 Å². The van der Waals surface area contributed by atoms with Gasteiger partial charge in [0.1, 0.15) is 0 Å². The maximum Gasteiger partial charge on any atom is 0.209 e. The van der Waals surface area contributed by atoms with Crippen molar-refractivity contribution in [3.63, 3.8) is 0 Å². The van der Waals surface area contributed by atoms with Crippen LogP contribution >= 0.6 is 23.6 Å². The van der Waals surface area contributed by atoms with Gasteiger partial charge in [0.25, 0.3) is 0 Å². The molecule has 15 heavy (non-hydrogen) atoms. The van der Waals surface area contributed by atoms with E-state index in [4.69, 9.17) is 5.73 Å². The molecule has 0 spiro atoms. The first-order valence-electron chi connectivity index (χ1n) is 4.32. The third kappa shape index (κ3) is 2.00. The summed E-state index contributed by atoms with van der Waals surface area (Å²) in [5, 5.41) is 4.28. The number of nitrogens with one attached hydrogen (secondary N) is 1. The molecule has 0 aliphatic rings. The van der Waals surface area contributed by atoms with Crippen molar-refractivity contribution in [3.05, 3.63) is 29.1 Å². The second kappa shape index (κ2) is 4.00. The Bertz CT molecular complexity index is 567. The van der Waals surface area contributed by atoms with Crippen LogP contribution < -0.4 is 16.0 Å². The predicted molar refractivity (Wildman–Crippen MR) is 66.3 cm³/mol. The molecule has 2 aromatic rings. The summed E-state index contributed by atoms with van der Waals surface area (Å²) < 4.78 is 3.18. The number of aryl methyl sites for hydroxylation is 1. The number of fused-ring (bicyclic) bond motifs is 1. The minimum atomic E-state index is 0.174. The van der Waals surface area contributed by atoms with Crippen LogP contribution in [0.15, 0.2) is 29.4 Å². The molecular formula is C9H10N4S2. The third-order valence-corrected chi connectivity index (χ3v) is 3.18. The van der Waals surface area contributed by atoms with Gasteiger partial charge in [-0.3, -0.25) is 5.43 Å². The minimum absolute atomic E-state index is 0.174. The minimum Gasteiger partial charge on any atom is -0.375 e. The fourth-order valence-corrected chi connectivity index (χ4v) is 2.32. The zero-order valence-corrected chi connectivity index (χ0v) is 9.73. The normalized spacial score (nSPS) is 11.9. The van der Waals surface area contributed by atoms with Crippen molar-refractivity contribution in [1.29, 1.82) is 0 Å². The average molecular weight is 238 g/mol. The third-order valence-electron chi connectivity index (χ3n) is 1.98. The first kappa shape index (κ1) is 10.1. The zero-order valence-electron chi connectivity index (χ0n) is 8.10. The molecule has 0 fully saturated rings. The zero-order chi connectivity index (χ0) is 10.8. The van der Waals surface area contributed by atoms with E-state index in [0.717, 1.165) is 10.3 Å². The van der Waals surface area contributed by atoms with Gasteiger partial charge >= 0.3 is 0 Å². The van der Waals surface area contributed by atoms with Gasteiger partial charge in [-0.05, 0) is 24.4 Å². The van der Waals surface area contributed by atoms with Crippen LogP contribution in [0.25, 0.3) is 10.2 Å². The smallest absolute Gasteiger partial charge is 0.209 e. The molecule has 6 heteroatoms. The largest absolute Gasteiger partial charge is 0.375 e. The van der Waals surface area contributed by atoms with Crippen LogP contribution in [0.5, 0.6) is 0 Å². The van der Waals surface area contributed by atoms with Gasteiger partial charge in [-0.1, -0.05) is 23.5 Å². The van der Waals surface area contributed by atoms with E-state index in [1.165, 1.54) is 4.70 Å². The van der Waals surface area contributed by atoms with Gasteiger partial charge in [-0.25, -0.2) is 0 Å². The summed E-state index contributed by atoms with van der Waals surface area (Å²) in [5.74, 6) is 0. The van der Waals surface area contributed by atoms with E-state index in [1.807, 2.05) is 29.8 Å². The molecule has 78 valence electrons. The Morgan fingerprint density at radius 1 is 1.53 bits per heavy atom. The summed E-state index contributed by atoms with van der Waals surface area (Å²) in [6, 6.07) is 8.11. The number of thiazole rings is 1. The molecule has 1 heterocycles. The summed E-state index contributed by atoms with van der Waals surface area (Å²) in [6.45, 7) is 0. The molecule has 0 saturated heterocycles. The highest BCUT2D eigenvalue weighted by Gasteiger charge is 2.00. The molecular weight excluding hydrogens is 228 g/mol. The van der Waals surface area contributed by atoms with Crippen molar-refractivity contribution >= 4 is 38.9 Å². The lowest BCUT2D eigenvalue weighted by atomic mass is 10.3. The van der Waals surface area contributed by atoms with Crippen LogP contribution in [-0.4, -0.2) is 9.68 Å². The Balaban J connectivity index is 2.58. The van der Waals surface area contributed by atoms with Crippen molar-refractivity contribution < 1.29 is 0 Å². The molecule has 1 aromatic carbocycles. The van der Waals surface area contributed by atoms with Crippen molar-refractivity contribution in [2.75, 3.05) is 0 Å². The quantitative estimate of drug-likeness (QED) is 0.573.